The Bertz CT molecular complexity index is 885. The van der Waals surface area contributed by atoms with Crippen molar-refractivity contribution in [3.63, 3.8) is 0 Å². The van der Waals surface area contributed by atoms with Gasteiger partial charge in [-0.15, -0.1) is 0 Å². The molecule has 0 radical (unpaired) electrons. The predicted octanol–water partition coefficient (Wildman–Crippen LogP) is 16.2. The van der Waals surface area contributed by atoms with Crippen molar-refractivity contribution in [3.05, 3.63) is 12.2 Å². The van der Waals surface area contributed by atoms with Gasteiger partial charge in [0, 0.05) is 19.3 Å². The van der Waals surface area contributed by atoms with E-state index in [1.165, 1.54) is 180 Å². The van der Waals surface area contributed by atoms with Gasteiger partial charge in [0.2, 0.25) is 0 Å². The van der Waals surface area contributed by atoms with Crippen molar-refractivity contribution in [3.8, 4) is 0 Å². The third-order valence-corrected chi connectivity index (χ3v) is 11.3. The summed E-state index contributed by atoms with van der Waals surface area (Å²) in [5.41, 5.74) is 0. The molecule has 1 atom stereocenters. The van der Waals surface area contributed by atoms with Crippen LogP contribution >= 0.6 is 0 Å². The molecule has 1 unspecified atom stereocenters. The molecule has 0 aromatic heterocycles. The summed E-state index contributed by atoms with van der Waals surface area (Å²) in [7, 11) is 0. The average molecular weight is 805 g/mol. The first-order valence-corrected chi connectivity index (χ1v) is 25.2. The number of carbonyl (C=O) groups excluding carboxylic acids is 3. The molecule has 0 aliphatic rings. The highest BCUT2D eigenvalue weighted by Crippen LogP contribution is 2.16. The maximum atomic E-state index is 12.7. The maximum absolute atomic E-state index is 12.7. The van der Waals surface area contributed by atoms with Gasteiger partial charge in [0.05, 0.1) is 0 Å². The fraction of sp³-hybridized carbons (Fsp3) is 0.902. The molecule has 0 N–H and O–H groups in total. The van der Waals surface area contributed by atoms with Crippen molar-refractivity contribution < 1.29 is 28.6 Å². The Labute approximate surface area is 354 Å². The van der Waals surface area contributed by atoms with Crippen LogP contribution in [0.15, 0.2) is 12.2 Å². The largest absolute Gasteiger partial charge is 0.462 e. The van der Waals surface area contributed by atoms with Crippen LogP contribution in [0, 0.1) is 0 Å². The van der Waals surface area contributed by atoms with E-state index in [9.17, 15) is 14.4 Å². The molecule has 0 bridgehead atoms. The monoisotopic (exact) mass is 805 g/mol. The molecule has 0 fully saturated rings. The number of allylic oxidation sites excluding steroid dienone is 2. The number of unbranched alkanes of at least 4 members (excludes halogenated alkanes) is 33. The van der Waals surface area contributed by atoms with Crippen LogP contribution in [-0.2, 0) is 28.6 Å². The maximum Gasteiger partial charge on any atom is 0.306 e. The molecule has 0 aromatic rings. The lowest BCUT2D eigenvalue weighted by atomic mass is 10.1. The van der Waals surface area contributed by atoms with Crippen molar-refractivity contribution in [2.45, 2.75) is 284 Å². The van der Waals surface area contributed by atoms with Gasteiger partial charge in [0.15, 0.2) is 6.10 Å². The highest BCUT2D eigenvalue weighted by Gasteiger charge is 2.19. The van der Waals surface area contributed by atoms with Crippen molar-refractivity contribution in [1.29, 1.82) is 0 Å². The molecule has 0 aliphatic carbocycles. The van der Waals surface area contributed by atoms with Gasteiger partial charge in [-0.2, -0.15) is 0 Å². The smallest absolute Gasteiger partial charge is 0.306 e. The van der Waals surface area contributed by atoms with Gasteiger partial charge in [0.25, 0.3) is 0 Å². The molecule has 0 spiro atoms. The van der Waals surface area contributed by atoms with E-state index in [1.54, 1.807) is 0 Å². The molecule has 0 saturated carbocycles. The van der Waals surface area contributed by atoms with E-state index in [0.717, 1.165) is 57.8 Å². The van der Waals surface area contributed by atoms with Crippen LogP contribution in [0.4, 0.5) is 0 Å². The lowest BCUT2D eigenvalue weighted by molar-refractivity contribution is -0.167. The minimum Gasteiger partial charge on any atom is -0.462 e. The van der Waals surface area contributed by atoms with E-state index >= 15 is 0 Å². The zero-order valence-corrected chi connectivity index (χ0v) is 38.4. The van der Waals surface area contributed by atoms with Gasteiger partial charge in [0.1, 0.15) is 13.2 Å². The van der Waals surface area contributed by atoms with Crippen LogP contribution < -0.4 is 0 Å². The molecule has 336 valence electrons. The van der Waals surface area contributed by atoms with Gasteiger partial charge in [-0.25, -0.2) is 0 Å². The second kappa shape index (κ2) is 46.8. The standard InChI is InChI=1S/C51H96O6/c1-4-7-10-13-16-19-22-23-24-25-26-27-28-29-30-33-35-38-41-44-50(53)56-47-48(57-51(54)45-42-39-36-32-21-18-15-12-9-6-3)46-55-49(52)43-40-37-34-31-20-17-14-11-8-5-2/h23-24,48H,4-22,25-47H2,1-3H3/b24-23-. The topological polar surface area (TPSA) is 78.9 Å². The Morgan fingerprint density at radius 1 is 0.333 bits per heavy atom. The minimum atomic E-state index is -0.762. The lowest BCUT2D eigenvalue weighted by Gasteiger charge is -2.18. The average Bonchev–Trinajstić information content (AvgIpc) is 3.21. The third kappa shape index (κ3) is 45.1. The molecule has 6 heteroatoms. The molecule has 0 aromatic carbocycles. The molecular formula is C51H96O6. The number of esters is 3. The predicted molar refractivity (Wildman–Crippen MR) is 243 cm³/mol. The number of hydrogen-bond donors (Lipinski definition) is 0. The molecule has 6 nitrogen and oxygen atoms in total. The van der Waals surface area contributed by atoms with Gasteiger partial charge in [-0.1, -0.05) is 226 Å². The fourth-order valence-corrected chi connectivity index (χ4v) is 7.44. The Balaban J connectivity index is 4.22. The zero-order valence-electron chi connectivity index (χ0n) is 38.4. The quantitative estimate of drug-likeness (QED) is 0.0264. The lowest BCUT2D eigenvalue weighted by Crippen LogP contribution is -2.30. The van der Waals surface area contributed by atoms with Gasteiger partial charge in [-0.3, -0.25) is 14.4 Å². The van der Waals surface area contributed by atoms with E-state index in [0.29, 0.717) is 19.3 Å². The number of hydrogen-bond acceptors (Lipinski definition) is 6. The molecule has 57 heavy (non-hydrogen) atoms. The van der Waals surface area contributed by atoms with Crippen molar-refractivity contribution >= 4 is 17.9 Å². The van der Waals surface area contributed by atoms with Crippen molar-refractivity contribution in [2.24, 2.45) is 0 Å². The first-order valence-electron chi connectivity index (χ1n) is 25.2. The summed E-state index contributed by atoms with van der Waals surface area (Å²) in [6, 6.07) is 0. The van der Waals surface area contributed by atoms with Crippen LogP contribution in [0.2, 0.25) is 0 Å². The third-order valence-electron chi connectivity index (χ3n) is 11.3. The summed E-state index contributed by atoms with van der Waals surface area (Å²) in [4.78, 5) is 37.8. The molecule has 0 amide bonds. The van der Waals surface area contributed by atoms with Crippen LogP contribution in [-0.4, -0.2) is 37.2 Å². The van der Waals surface area contributed by atoms with E-state index < -0.39 is 6.10 Å². The molecule has 0 rings (SSSR count). The summed E-state index contributed by atoms with van der Waals surface area (Å²) in [6.07, 6.45) is 50.5. The first-order chi connectivity index (χ1) is 28.0. The first kappa shape index (κ1) is 55.2. The molecule has 0 aliphatic heterocycles. The van der Waals surface area contributed by atoms with Gasteiger partial charge < -0.3 is 14.2 Å². The second-order valence-electron chi connectivity index (χ2n) is 17.1. The normalized spacial score (nSPS) is 12.0. The number of ether oxygens (including phenoxy) is 3. The Morgan fingerprint density at radius 3 is 0.877 bits per heavy atom. The van der Waals surface area contributed by atoms with Gasteiger partial charge >= 0.3 is 17.9 Å². The van der Waals surface area contributed by atoms with E-state index in [4.69, 9.17) is 14.2 Å². The highest BCUT2D eigenvalue weighted by molar-refractivity contribution is 5.71. The second-order valence-corrected chi connectivity index (χ2v) is 17.1. The van der Waals surface area contributed by atoms with Crippen LogP contribution in [0.25, 0.3) is 0 Å². The van der Waals surface area contributed by atoms with Crippen molar-refractivity contribution in [1.82, 2.24) is 0 Å². The van der Waals surface area contributed by atoms with Crippen LogP contribution in [0.1, 0.15) is 278 Å². The van der Waals surface area contributed by atoms with E-state index in [-0.39, 0.29) is 31.1 Å². The summed E-state index contributed by atoms with van der Waals surface area (Å²) >= 11 is 0. The van der Waals surface area contributed by atoms with Crippen LogP contribution in [0.3, 0.4) is 0 Å². The molecular weight excluding hydrogens is 709 g/mol. The summed E-state index contributed by atoms with van der Waals surface area (Å²) in [6.45, 7) is 6.63. The fourth-order valence-electron chi connectivity index (χ4n) is 7.44. The Hall–Kier alpha value is -1.85. The van der Waals surface area contributed by atoms with Gasteiger partial charge in [-0.05, 0) is 44.9 Å². The summed E-state index contributed by atoms with van der Waals surface area (Å²) in [5.74, 6) is -0.858. The summed E-state index contributed by atoms with van der Waals surface area (Å²) in [5, 5.41) is 0. The zero-order chi connectivity index (χ0) is 41.5. The Kier molecular flexibility index (Phi) is 45.3. The van der Waals surface area contributed by atoms with Crippen molar-refractivity contribution in [2.75, 3.05) is 13.2 Å². The van der Waals surface area contributed by atoms with E-state index in [2.05, 4.69) is 32.9 Å². The molecule has 0 heterocycles. The number of rotatable bonds is 46. The summed E-state index contributed by atoms with van der Waals surface area (Å²) < 4.78 is 16.7. The highest BCUT2D eigenvalue weighted by atomic mass is 16.6. The number of carbonyl (C=O) groups is 3. The van der Waals surface area contributed by atoms with E-state index in [1.807, 2.05) is 0 Å². The minimum absolute atomic E-state index is 0.0659. The Morgan fingerprint density at radius 2 is 0.579 bits per heavy atom. The van der Waals surface area contributed by atoms with Crippen LogP contribution in [0.5, 0.6) is 0 Å². The molecule has 0 saturated heterocycles. The SMILES string of the molecule is CCCCCCCC/C=C\CCCCCCCCCCCC(=O)OCC(COC(=O)CCCCCCCCCCCC)OC(=O)CCCCCCCCCCCC.